The normalized spacial score (nSPS) is 11.1. The zero-order valence-corrected chi connectivity index (χ0v) is 10.8. The van der Waals surface area contributed by atoms with Gasteiger partial charge >= 0.3 is 0 Å². The van der Waals surface area contributed by atoms with Crippen molar-refractivity contribution in [3.63, 3.8) is 0 Å². The molecule has 3 nitrogen and oxygen atoms in total. The van der Waals surface area contributed by atoms with E-state index in [-0.39, 0.29) is 5.82 Å². The quantitative estimate of drug-likeness (QED) is 0.678. The number of halogens is 1. The van der Waals surface area contributed by atoms with Crippen molar-refractivity contribution < 1.29 is 4.39 Å². The fraction of sp³-hybridized carbons (Fsp3) is 0.133. The number of nitrogens with two attached hydrogens (primary N) is 1. The molecule has 0 bridgehead atoms. The number of rotatable bonds is 1. The first kappa shape index (κ1) is 11.7. The lowest BCUT2D eigenvalue weighted by molar-refractivity contribution is 0.629. The Balaban J connectivity index is 2.34. The standard InChI is InChI=1S/C15H14FN3/c1-9-4-3-5-11(17)14(9)15-18-12-8-10(16)6-7-13(12)19(15)2/h3-8H,17H2,1-2H3. The molecule has 0 radical (unpaired) electrons. The van der Waals surface area contributed by atoms with E-state index in [1.807, 2.05) is 36.7 Å². The van der Waals surface area contributed by atoms with Crippen LogP contribution in [0.2, 0.25) is 0 Å². The molecule has 2 aromatic carbocycles. The average molecular weight is 255 g/mol. The maximum absolute atomic E-state index is 13.3. The minimum absolute atomic E-state index is 0.282. The van der Waals surface area contributed by atoms with Gasteiger partial charge < -0.3 is 10.3 Å². The Labute approximate surface area is 110 Å². The maximum Gasteiger partial charge on any atom is 0.143 e. The molecule has 0 spiro atoms. The molecule has 0 unspecified atom stereocenters. The highest BCUT2D eigenvalue weighted by Crippen LogP contribution is 2.30. The van der Waals surface area contributed by atoms with Crippen molar-refractivity contribution in [2.24, 2.45) is 7.05 Å². The van der Waals surface area contributed by atoms with Crippen LogP contribution in [-0.4, -0.2) is 9.55 Å². The number of aromatic nitrogens is 2. The zero-order valence-electron chi connectivity index (χ0n) is 10.8. The Morgan fingerprint density at radius 2 is 2.00 bits per heavy atom. The molecular weight excluding hydrogens is 241 g/mol. The number of anilines is 1. The first-order valence-corrected chi connectivity index (χ1v) is 6.05. The van der Waals surface area contributed by atoms with Gasteiger partial charge in [0.2, 0.25) is 0 Å². The first-order valence-electron chi connectivity index (χ1n) is 6.05. The van der Waals surface area contributed by atoms with E-state index in [0.29, 0.717) is 11.2 Å². The monoisotopic (exact) mass is 255 g/mol. The van der Waals surface area contributed by atoms with Crippen molar-refractivity contribution in [2.75, 3.05) is 5.73 Å². The van der Waals surface area contributed by atoms with Gasteiger partial charge in [0.05, 0.1) is 11.0 Å². The van der Waals surface area contributed by atoms with Crippen molar-refractivity contribution in [2.45, 2.75) is 6.92 Å². The van der Waals surface area contributed by atoms with Gasteiger partial charge in [0, 0.05) is 24.4 Å². The highest BCUT2D eigenvalue weighted by Gasteiger charge is 2.14. The van der Waals surface area contributed by atoms with E-state index in [2.05, 4.69) is 4.98 Å². The zero-order chi connectivity index (χ0) is 13.6. The van der Waals surface area contributed by atoms with E-state index < -0.39 is 0 Å². The number of nitrogens with zero attached hydrogens (tertiary/aromatic N) is 2. The molecule has 2 N–H and O–H groups in total. The van der Waals surface area contributed by atoms with Crippen molar-refractivity contribution in [3.8, 4) is 11.4 Å². The Morgan fingerprint density at radius 3 is 2.74 bits per heavy atom. The van der Waals surface area contributed by atoms with Crippen molar-refractivity contribution in [1.82, 2.24) is 9.55 Å². The second-order valence-electron chi connectivity index (χ2n) is 4.67. The number of nitrogen functional groups attached to an aromatic ring is 1. The Hall–Kier alpha value is -2.36. The molecule has 1 aromatic heterocycles. The predicted molar refractivity (Wildman–Crippen MR) is 75.3 cm³/mol. The van der Waals surface area contributed by atoms with E-state index in [1.54, 1.807) is 6.07 Å². The lowest BCUT2D eigenvalue weighted by Gasteiger charge is -2.09. The fourth-order valence-corrected chi connectivity index (χ4v) is 2.39. The lowest BCUT2D eigenvalue weighted by Crippen LogP contribution is -1.98. The molecule has 0 aliphatic rings. The highest BCUT2D eigenvalue weighted by atomic mass is 19.1. The van der Waals surface area contributed by atoms with Gasteiger partial charge in [-0.25, -0.2) is 9.37 Å². The van der Waals surface area contributed by atoms with Gasteiger partial charge in [-0.2, -0.15) is 0 Å². The molecule has 0 atom stereocenters. The van der Waals surface area contributed by atoms with Gasteiger partial charge in [-0.05, 0) is 30.7 Å². The van der Waals surface area contributed by atoms with E-state index >= 15 is 0 Å². The summed E-state index contributed by atoms with van der Waals surface area (Å²) in [5.41, 5.74) is 10.2. The Bertz CT molecular complexity index is 754. The van der Waals surface area contributed by atoms with Crippen molar-refractivity contribution in [1.29, 1.82) is 0 Å². The predicted octanol–water partition coefficient (Wildman–Crippen LogP) is 3.27. The topological polar surface area (TPSA) is 43.8 Å². The van der Waals surface area contributed by atoms with Crippen LogP contribution < -0.4 is 5.73 Å². The van der Waals surface area contributed by atoms with E-state index in [4.69, 9.17) is 5.73 Å². The number of hydrogen-bond donors (Lipinski definition) is 1. The summed E-state index contributed by atoms with van der Waals surface area (Å²) < 4.78 is 15.2. The molecule has 4 heteroatoms. The minimum Gasteiger partial charge on any atom is -0.398 e. The summed E-state index contributed by atoms with van der Waals surface area (Å²) in [5, 5.41) is 0. The van der Waals surface area contributed by atoms with E-state index in [9.17, 15) is 4.39 Å². The number of benzene rings is 2. The van der Waals surface area contributed by atoms with Crippen LogP contribution in [-0.2, 0) is 7.05 Å². The minimum atomic E-state index is -0.282. The van der Waals surface area contributed by atoms with Crippen LogP contribution in [0.3, 0.4) is 0 Å². The van der Waals surface area contributed by atoms with Gasteiger partial charge in [0.1, 0.15) is 11.6 Å². The number of imidazole rings is 1. The van der Waals surface area contributed by atoms with Gasteiger partial charge in [0.25, 0.3) is 0 Å². The molecule has 0 aliphatic carbocycles. The largest absolute Gasteiger partial charge is 0.398 e. The first-order chi connectivity index (χ1) is 9.08. The summed E-state index contributed by atoms with van der Waals surface area (Å²) in [6.07, 6.45) is 0. The van der Waals surface area contributed by atoms with Crippen LogP contribution in [0.4, 0.5) is 10.1 Å². The van der Waals surface area contributed by atoms with Gasteiger partial charge in [0.15, 0.2) is 0 Å². The Morgan fingerprint density at radius 1 is 1.21 bits per heavy atom. The third kappa shape index (κ3) is 1.76. The average Bonchev–Trinajstić information content (AvgIpc) is 2.66. The number of hydrogen-bond acceptors (Lipinski definition) is 2. The number of aryl methyl sites for hydroxylation is 2. The molecular formula is C15H14FN3. The van der Waals surface area contributed by atoms with Gasteiger partial charge in [-0.3, -0.25) is 0 Å². The molecule has 19 heavy (non-hydrogen) atoms. The summed E-state index contributed by atoms with van der Waals surface area (Å²) in [6, 6.07) is 10.4. The number of fused-ring (bicyclic) bond motifs is 1. The van der Waals surface area contributed by atoms with Crippen LogP contribution in [0.5, 0.6) is 0 Å². The fourth-order valence-electron chi connectivity index (χ4n) is 2.39. The van der Waals surface area contributed by atoms with E-state index in [0.717, 1.165) is 22.5 Å². The molecule has 3 rings (SSSR count). The molecule has 0 saturated heterocycles. The molecule has 1 heterocycles. The molecule has 0 aliphatic heterocycles. The van der Waals surface area contributed by atoms with Gasteiger partial charge in [-0.15, -0.1) is 0 Å². The summed E-state index contributed by atoms with van der Waals surface area (Å²) >= 11 is 0. The molecule has 0 amide bonds. The second-order valence-corrected chi connectivity index (χ2v) is 4.67. The SMILES string of the molecule is Cc1cccc(N)c1-c1nc2cc(F)ccc2n1C. The van der Waals surface area contributed by atoms with Gasteiger partial charge in [-0.1, -0.05) is 12.1 Å². The third-order valence-corrected chi connectivity index (χ3v) is 3.37. The summed E-state index contributed by atoms with van der Waals surface area (Å²) in [5.74, 6) is 0.478. The smallest absolute Gasteiger partial charge is 0.143 e. The molecule has 96 valence electrons. The van der Waals surface area contributed by atoms with Crippen LogP contribution in [0.15, 0.2) is 36.4 Å². The molecule has 3 aromatic rings. The second kappa shape index (κ2) is 4.09. The molecule has 0 saturated carbocycles. The van der Waals surface area contributed by atoms with Crippen molar-refractivity contribution >= 4 is 16.7 Å². The lowest BCUT2D eigenvalue weighted by atomic mass is 10.1. The summed E-state index contributed by atoms with van der Waals surface area (Å²) in [4.78, 5) is 4.51. The van der Waals surface area contributed by atoms with Crippen LogP contribution in [0.25, 0.3) is 22.4 Å². The van der Waals surface area contributed by atoms with Crippen LogP contribution >= 0.6 is 0 Å². The maximum atomic E-state index is 13.3. The Kier molecular flexibility index (Phi) is 2.52. The highest BCUT2D eigenvalue weighted by molar-refractivity contribution is 5.84. The van der Waals surface area contributed by atoms with Crippen LogP contribution in [0.1, 0.15) is 5.56 Å². The van der Waals surface area contributed by atoms with Crippen molar-refractivity contribution in [3.05, 3.63) is 47.8 Å². The summed E-state index contributed by atoms with van der Waals surface area (Å²) in [6.45, 7) is 1.99. The molecule has 0 fully saturated rings. The third-order valence-electron chi connectivity index (χ3n) is 3.37. The van der Waals surface area contributed by atoms with Crippen LogP contribution in [0, 0.1) is 12.7 Å². The summed E-state index contributed by atoms with van der Waals surface area (Å²) in [7, 11) is 1.91. The van der Waals surface area contributed by atoms with E-state index in [1.165, 1.54) is 12.1 Å².